The van der Waals surface area contributed by atoms with E-state index in [0.29, 0.717) is 11.3 Å². The second-order valence-electron chi connectivity index (χ2n) is 5.47. The normalized spacial score (nSPS) is 41.2. The second-order valence-corrected chi connectivity index (χ2v) is 5.47. The third-order valence-corrected chi connectivity index (χ3v) is 4.66. The topological polar surface area (TPSA) is 63.3 Å². The number of carboxylic acid groups (broad SMARTS) is 1. The van der Waals surface area contributed by atoms with Crippen molar-refractivity contribution in [2.24, 2.45) is 28.9 Å². The summed E-state index contributed by atoms with van der Waals surface area (Å²) in [6.07, 6.45) is 3.36. The van der Waals surface area contributed by atoms with Crippen LogP contribution < -0.4 is 5.73 Å². The van der Waals surface area contributed by atoms with Gasteiger partial charge in [-0.2, -0.15) is 0 Å². The SMILES string of the molecule is CC1(C)C2CCC(C(N)C(=O)O)C1C2. The second kappa shape index (κ2) is 2.96. The molecule has 0 heterocycles. The molecule has 0 amide bonds. The molecule has 0 aromatic rings. The van der Waals surface area contributed by atoms with E-state index in [9.17, 15) is 4.79 Å². The lowest BCUT2D eigenvalue weighted by Crippen LogP contribution is -2.58. The Morgan fingerprint density at radius 2 is 2.14 bits per heavy atom. The molecule has 3 rings (SSSR count). The highest BCUT2D eigenvalue weighted by atomic mass is 16.4. The average molecular weight is 197 g/mol. The van der Waals surface area contributed by atoms with Gasteiger partial charge in [0.15, 0.2) is 0 Å². The summed E-state index contributed by atoms with van der Waals surface area (Å²) in [5, 5.41) is 8.91. The average Bonchev–Trinajstić information content (AvgIpc) is 2.16. The minimum atomic E-state index is -0.837. The van der Waals surface area contributed by atoms with Crippen molar-refractivity contribution < 1.29 is 9.90 Å². The highest BCUT2D eigenvalue weighted by Gasteiger charge is 2.56. The van der Waals surface area contributed by atoms with Crippen LogP contribution in [0.2, 0.25) is 0 Å². The molecular formula is C11H19NO2. The molecule has 0 aromatic heterocycles. The van der Waals surface area contributed by atoms with Gasteiger partial charge in [0.1, 0.15) is 6.04 Å². The van der Waals surface area contributed by atoms with Crippen molar-refractivity contribution in [3.8, 4) is 0 Å². The standard InChI is InChI=1S/C11H19NO2/c1-11(2)6-3-4-7(8(11)5-6)9(12)10(13)14/h6-9H,3-5,12H2,1-2H3,(H,13,14). The molecule has 80 valence electrons. The first-order valence-electron chi connectivity index (χ1n) is 5.43. The maximum atomic E-state index is 10.8. The Kier molecular flexibility index (Phi) is 2.11. The number of carbonyl (C=O) groups is 1. The van der Waals surface area contributed by atoms with E-state index in [4.69, 9.17) is 10.8 Å². The van der Waals surface area contributed by atoms with Crippen LogP contribution in [0.1, 0.15) is 33.1 Å². The minimum absolute atomic E-state index is 0.201. The van der Waals surface area contributed by atoms with E-state index < -0.39 is 12.0 Å². The van der Waals surface area contributed by atoms with Gasteiger partial charge in [0, 0.05) is 0 Å². The Morgan fingerprint density at radius 1 is 1.50 bits per heavy atom. The first-order valence-corrected chi connectivity index (χ1v) is 5.43. The summed E-state index contributed by atoms with van der Waals surface area (Å²) in [6.45, 7) is 4.51. The molecule has 0 aromatic carbocycles. The number of aliphatic carboxylic acids is 1. The van der Waals surface area contributed by atoms with Crippen molar-refractivity contribution in [1.82, 2.24) is 0 Å². The third kappa shape index (κ3) is 1.18. The van der Waals surface area contributed by atoms with Gasteiger partial charge in [0.25, 0.3) is 0 Å². The van der Waals surface area contributed by atoms with Crippen molar-refractivity contribution in [1.29, 1.82) is 0 Å². The molecule has 3 aliphatic rings. The van der Waals surface area contributed by atoms with Crippen LogP contribution in [0.25, 0.3) is 0 Å². The van der Waals surface area contributed by atoms with E-state index >= 15 is 0 Å². The fourth-order valence-corrected chi connectivity index (χ4v) is 3.48. The summed E-state index contributed by atoms with van der Waals surface area (Å²) in [4.78, 5) is 10.8. The number of nitrogens with two attached hydrogens (primary N) is 1. The van der Waals surface area contributed by atoms with E-state index in [1.54, 1.807) is 0 Å². The van der Waals surface area contributed by atoms with Crippen LogP contribution in [0.5, 0.6) is 0 Å². The first-order chi connectivity index (χ1) is 6.44. The molecule has 3 heteroatoms. The molecule has 0 radical (unpaired) electrons. The Bertz CT molecular complexity index is 260. The van der Waals surface area contributed by atoms with Crippen molar-refractivity contribution in [2.75, 3.05) is 0 Å². The van der Waals surface area contributed by atoms with Crippen LogP contribution in [0.4, 0.5) is 0 Å². The van der Waals surface area contributed by atoms with Crippen molar-refractivity contribution in [3.05, 3.63) is 0 Å². The fourth-order valence-electron chi connectivity index (χ4n) is 3.48. The molecule has 0 aliphatic heterocycles. The lowest BCUT2D eigenvalue weighted by atomic mass is 9.45. The van der Waals surface area contributed by atoms with Crippen LogP contribution in [0.3, 0.4) is 0 Å². The Labute approximate surface area is 84.7 Å². The molecule has 4 unspecified atom stereocenters. The Balaban J connectivity index is 2.11. The number of rotatable bonds is 2. The summed E-state index contributed by atoms with van der Waals surface area (Å²) in [7, 11) is 0. The zero-order valence-corrected chi connectivity index (χ0v) is 8.86. The zero-order valence-electron chi connectivity index (χ0n) is 8.86. The first kappa shape index (κ1) is 9.97. The molecule has 3 saturated carbocycles. The molecule has 3 N–H and O–H groups in total. The zero-order chi connectivity index (χ0) is 10.5. The lowest BCUT2D eigenvalue weighted by Gasteiger charge is -2.60. The van der Waals surface area contributed by atoms with Crippen LogP contribution in [-0.2, 0) is 4.79 Å². The van der Waals surface area contributed by atoms with Gasteiger partial charge in [-0.15, -0.1) is 0 Å². The van der Waals surface area contributed by atoms with Crippen molar-refractivity contribution in [2.45, 2.75) is 39.2 Å². The van der Waals surface area contributed by atoms with Gasteiger partial charge in [-0.1, -0.05) is 13.8 Å². The van der Waals surface area contributed by atoms with E-state index in [2.05, 4.69) is 13.8 Å². The van der Waals surface area contributed by atoms with Gasteiger partial charge in [0.05, 0.1) is 0 Å². The smallest absolute Gasteiger partial charge is 0.320 e. The van der Waals surface area contributed by atoms with Gasteiger partial charge in [-0.25, -0.2) is 0 Å². The lowest BCUT2D eigenvalue weighted by molar-refractivity contribution is -0.150. The van der Waals surface area contributed by atoms with Crippen LogP contribution >= 0.6 is 0 Å². The predicted molar refractivity (Wildman–Crippen MR) is 53.7 cm³/mol. The van der Waals surface area contributed by atoms with Gasteiger partial charge >= 0.3 is 5.97 Å². The maximum absolute atomic E-state index is 10.8. The molecule has 0 saturated heterocycles. The third-order valence-electron chi connectivity index (χ3n) is 4.66. The maximum Gasteiger partial charge on any atom is 0.320 e. The predicted octanol–water partition coefficient (Wildman–Crippen LogP) is 1.47. The van der Waals surface area contributed by atoms with E-state index in [0.717, 1.165) is 18.8 Å². The summed E-state index contributed by atoms with van der Waals surface area (Å²) in [5.74, 6) is 0.709. The van der Waals surface area contributed by atoms with E-state index in [1.807, 2.05) is 0 Å². The summed E-state index contributed by atoms with van der Waals surface area (Å²) >= 11 is 0. The van der Waals surface area contributed by atoms with E-state index in [1.165, 1.54) is 6.42 Å². The van der Waals surface area contributed by atoms with Gasteiger partial charge in [0.2, 0.25) is 0 Å². The summed E-state index contributed by atoms with van der Waals surface area (Å²) < 4.78 is 0. The monoisotopic (exact) mass is 197 g/mol. The highest BCUT2D eigenvalue weighted by Crippen LogP contribution is 2.61. The quantitative estimate of drug-likeness (QED) is 0.704. The molecule has 14 heavy (non-hydrogen) atoms. The summed E-state index contributed by atoms with van der Waals surface area (Å²) in [6, 6.07) is -0.652. The Morgan fingerprint density at radius 3 is 2.57 bits per heavy atom. The van der Waals surface area contributed by atoms with E-state index in [-0.39, 0.29) is 5.92 Å². The number of carboxylic acids is 1. The van der Waals surface area contributed by atoms with Crippen molar-refractivity contribution >= 4 is 5.97 Å². The molecule has 3 fully saturated rings. The van der Waals surface area contributed by atoms with Gasteiger partial charge in [-0.3, -0.25) is 4.79 Å². The number of fused-ring (bicyclic) bond motifs is 2. The molecule has 3 nitrogen and oxygen atoms in total. The molecule has 2 bridgehead atoms. The minimum Gasteiger partial charge on any atom is -0.480 e. The van der Waals surface area contributed by atoms with Gasteiger partial charge in [-0.05, 0) is 42.4 Å². The Hall–Kier alpha value is -0.570. The highest BCUT2D eigenvalue weighted by molar-refractivity contribution is 5.73. The van der Waals surface area contributed by atoms with Gasteiger partial charge < -0.3 is 10.8 Å². The van der Waals surface area contributed by atoms with Crippen LogP contribution in [0.15, 0.2) is 0 Å². The molecule has 4 atom stereocenters. The largest absolute Gasteiger partial charge is 0.480 e. The molecule has 3 aliphatic carbocycles. The van der Waals surface area contributed by atoms with Crippen molar-refractivity contribution in [3.63, 3.8) is 0 Å². The number of hydrogen-bond acceptors (Lipinski definition) is 2. The molecular weight excluding hydrogens is 178 g/mol. The fraction of sp³-hybridized carbons (Fsp3) is 0.909. The number of hydrogen-bond donors (Lipinski definition) is 2. The van der Waals surface area contributed by atoms with Crippen LogP contribution in [0, 0.1) is 23.2 Å². The molecule has 0 spiro atoms. The van der Waals surface area contributed by atoms with Crippen LogP contribution in [-0.4, -0.2) is 17.1 Å². The summed E-state index contributed by atoms with van der Waals surface area (Å²) in [5.41, 5.74) is 6.06.